The second-order valence-electron chi connectivity index (χ2n) is 4.12. The minimum absolute atomic E-state index is 0.728. The molecule has 1 saturated carbocycles. The predicted molar refractivity (Wildman–Crippen MR) is 64.2 cm³/mol. The molecule has 0 aromatic heterocycles. The Morgan fingerprint density at radius 2 is 1.80 bits per heavy atom. The van der Waals surface area contributed by atoms with Crippen LogP contribution in [0.25, 0.3) is 0 Å². The predicted octanol–water partition coefficient (Wildman–Crippen LogP) is 3.53. The first-order valence-corrected chi connectivity index (χ1v) is 5.68. The van der Waals surface area contributed by atoms with Crippen molar-refractivity contribution >= 4 is 0 Å². The third-order valence-corrected chi connectivity index (χ3v) is 3.01. The van der Waals surface area contributed by atoms with Gasteiger partial charge in [-0.2, -0.15) is 0 Å². The highest BCUT2D eigenvalue weighted by Crippen LogP contribution is 2.30. The zero-order chi connectivity index (χ0) is 10.9. The molecule has 1 rings (SSSR count). The van der Waals surface area contributed by atoms with Gasteiger partial charge in [-0.3, -0.25) is 0 Å². The zero-order valence-electron chi connectivity index (χ0n) is 9.37. The van der Waals surface area contributed by atoms with Crippen molar-refractivity contribution in [2.24, 2.45) is 11.8 Å². The van der Waals surface area contributed by atoms with Crippen LogP contribution in [0.3, 0.4) is 0 Å². The van der Waals surface area contributed by atoms with E-state index in [4.69, 9.17) is 4.74 Å². The van der Waals surface area contributed by atoms with Gasteiger partial charge in [-0.05, 0) is 43.6 Å². The highest BCUT2D eigenvalue weighted by molar-refractivity contribution is 5.12. The fourth-order valence-corrected chi connectivity index (χ4v) is 2.08. The van der Waals surface area contributed by atoms with Crippen molar-refractivity contribution in [3.8, 4) is 11.8 Å². The van der Waals surface area contributed by atoms with Crippen LogP contribution in [0.4, 0.5) is 0 Å². The topological polar surface area (TPSA) is 9.23 Å². The maximum atomic E-state index is 5.23. The Bertz CT molecular complexity index is 248. The van der Waals surface area contributed by atoms with Gasteiger partial charge in [0, 0.05) is 6.42 Å². The lowest BCUT2D eigenvalue weighted by Crippen LogP contribution is -2.17. The van der Waals surface area contributed by atoms with E-state index in [1.54, 1.807) is 12.3 Å². The fourth-order valence-electron chi connectivity index (χ4n) is 2.08. The summed E-state index contributed by atoms with van der Waals surface area (Å²) in [6.45, 7) is 7.99. The van der Waals surface area contributed by atoms with Gasteiger partial charge in [-0.25, -0.2) is 0 Å². The smallest absolute Gasteiger partial charge is 0.0901 e. The number of hydrogen-bond donors (Lipinski definition) is 0. The first kappa shape index (κ1) is 11.9. The van der Waals surface area contributed by atoms with Gasteiger partial charge < -0.3 is 4.74 Å². The summed E-state index contributed by atoms with van der Waals surface area (Å²) >= 11 is 0. The van der Waals surface area contributed by atoms with Gasteiger partial charge in [-0.1, -0.05) is 25.0 Å². The molecule has 1 heteroatoms. The summed E-state index contributed by atoms with van der Waals surface area (Å²) in [7, 11) is 0. The van der Waals surface area contributed by atoms with Gasteiger partial charge in [0.05, 0.1) is 12.9 Å². The first-order chi connectivity index (χ1) is 7.36. The number of ether oxygens (including phenoxy) is 1. The monoisotopic (exact) mass is 204 g/mol. The second kappa shape index (κ2) is 7.17. The summed E-state index contributed by atoms with van der Waals surface area (Å²) in [5.41, 5.74) is 0. The Morgan fingerprint density at radius 3 is 2.40 bits per heavy atom. The lowest BCUT2D eigenvalue weighted by Gasteiger charge is -2.26. The van der Waals surface area contributed by atoms with Crippen molar-refractivity contribution in [2.75, 3.05) is 6.61 Å². The van der Waals surface area contributed by atoms with E-state index >= 15 is 0 Å². The van der Waals surface area contributed by atoms with Crippen molar-refractivity contribution in [1.82, 2.24) is 0 Å². The molecule has 0 bridgehead atoms. The summed E-state index contributed by atoms with van der Waals surface area (Å²) < 4.78 is 5.23. The molecule has 0 atom stereocenters. The molecule has 1 nitrogen and oxygen atoms in total. The average molecular weight is 204 g/mol. The fraction of sp³-hybridized carbons (Fsp3) is 0.571. The van der Waals surface area contributed by atoms with Gasteiger partial charge in [0.2, 0.25) is 0 Å². The Hall–Kier alpha value is -1.16. The largest absolute Gasteiger partial charge is 0.502 e. The van der Waals surface area contributed by atoms with Gasteiger partial charge in [-0.15, -0.1) is 0 Å². The molecule has 0 radical (unpaired) electrons. The lowest BCUT2D eigenvalue weighted by atomic mass is 9.81. The van der Waals surface area contributed by atoms with Gasteiger partial charge in [0.25, 0.3) is 0 Å². The van der Waals surface area contributed by atoms with E-state index in [9.17, 15) is 0 Å². The molecule has 15 heavy (non-hydrogen) atoms. The summed E-state index contributed by atoms with van der Waals surface area (Å²) in [6, 6.07) is 0. The van der Waals surface area contributed by atoms with Crippen LogP contribution in [-0.2, 0) is 4.74 Å². The SMILES string of the molecule is C=CC#CCC1CCC(COC=C)CC1. The Morgan fingerprint density at radius 1 is 1.13 bits per heavy atom. The molecule has 82 valence electrons. The Kier molecular flexibility index (Phi) is 5.70. The number of hydrogen-bond acceptors (Lipinski definition) is 1. The van der Waals surface area contributed by atoms with Gasteiger partial charge in [0.1, 0.15) is 0 Å². The second-order valence-corrected chi connectivity index (χ2v) is 4.12. The highest BCUT2D eigenvalue weighted by atomic mass is 16.5. The molecule has 0 amide bonds. The molecular weight excluding hydrogens is 184 g/mol. The molecule has 0 aliphatic heterocycles. The molecule has 0 aromatic rings. The minimum atomic E-state index is 0.728. The normalized spacial score (nSPS) is 24.8. The van der Waals surface area contributed by atoms with Crippen LogP contribution < -0.4 is 0 Å². The molecule has 0 unspecified atom stereocenters. The van der Waals surface area contributed by atoms with Crippen LogP contribution in [-0.4, -0.2) is 6.61 Å². The van der Waals surface area contributed by atoms with Crippen molar-refractivity contribution in [1.29, 1.82) is 0 Å². The average Bonchev–Trinajstić information content (AvgIpc) is 2.28. The quantitative estimate of drug-likeness (QED) is 0.503. The molecule has 0 heterocycles. The van der Waals surface area contributed by atoms with Gasteiger partial charge >= 0.3 is 0 Å². The molecule has 0 saturated heterocycles. The Labute approximate surface area is 93.2 Å². The summed E-state index contributed by atoms with van der Waals surface area (Å²) in [4.78, 5) is 0. The van der Waals surface area contributed by atoms with E-state index in [-0.39, 0.29) is 0 Å². The maximum Gasteiger partial charge on any atom is 0.0901 e. The van der Waals surface area contributed by atoms with Crippen LogP contribution >= 0.6 is 0 Å². The van der Waals surface area contributed by atoms with E-state index in [1.165, 1.54) is 25.7 Å². The maximum absolute atomic E-state index is 5.23. The molecule has 0 spiro atoms. The van der Waals surface area contributed by atoms with Crippen LogP contribution in [0.15, 0.2) is 25.5 Å². The molecule has 1 aliphatic carbocycles. The minimum Gasteiger partial charge on any atom is -0.502 e. The third-order valence-electron chi connectivity index (χ3n) is 3.01. The van der Waals surface area contributed by atoms with E-state index in [0.29, 0.717) is 0 Å². The van der Waals surface area contributed by atoms with Crippen molar-refractivity contribution in [3.63, 3.8) is 0 Å². The van der Waals surface area contributed by atoms with Crippen molar-refractivity contribution in [2.45, 2.75) is 32.1 Å². The molecule has 1 fully saturated rings. The zero-order valence-corrected chi connectivity index (χ0v) is 9.37. The van der Waals surface area contributed by atoms with Crippen molar-refractivity contribution < 1.29 is 4.74 Å². The van der Waals surface area contributed by atoms with E-state index in [1.807, 2.05) is 0 Å². The highest BCUT2D eigenvalue weighted by Gasteiger charge is 2.20. The summed E-state index contributed by atoms with van der Waals surface area (Å²) in [5, 5.41) is 0. The van der Waals surface area contributed by atoms with Crippen LogP contribution in [0, 0.1) is 23.7 Å². The van der Waals surface area contributed by atoms with E-state index in [0.717, 1.165) is 24.9 Å². The molecule has 0 N–H and O–H groups in total. The van der Waals surface area contributed by atoms with E-state index in [2.05, 4.69) is 25.0 Å². The lowest BCUT2D eigenvalue weighted by molar-refractivity contribution is 0.150. The standard InChI is InChI=1S/C14H20O/c1-3-5-6-7-13-8-10-14(11-9-13)12-15-4-2/h3-4,13-14H,1-2,7-12H2. The van der Waals surface area contributed by atoms with Crippen LogP contribution in [0.5, 0.6) is 0 Å². The first-order valence-electron chi connectivity index (χ1n) is 5.68. The summed E-state index contributed by atoms with van der Waals surface area (Å²) in [5.74, 6) is 7.58. The van der Waals surface area contributed by atoms with Crippen LogP contribution in [0.1, 0.15) is 32.1 Å². The van der Waals surface area contributed by atoms with E-state index < -0.39 is 0 Å². The number of allylic oxidation sites excluding steroid dienone is 1. The third kappa shape index (κ3) is 4.74. The van der Waals surface area contributed by atoms with Crippen LogP contribution in [0.2, 0.25) is 0 Å². The van der Waals surface area contributed by atoms with Crippen molar-refractivity contribution in [3.05, 3.63) is 25.5 Å². The number of rotatable bonds is 4. The summed E-state index contributed by atoms with van der Waals surface area (Å²) in [6.07, 6.45) is 9.36. The Balaban J connectivity index is 2.17. The van der Waals surface area contributed by atoms with Gasteiger partial charge in [0.15, 0.2) is 0 Å². The molecular formula is C14H20O. The molecule has 0 aromatic carbocycles. The molecule has 1 aliphatic rings.